The van der Waals surface area contributed by atoms with Gasteiger partial charge in [-0.2, -0.15) is 0 Å². The van der Waals surface area contributed by atoms with Crippen molar-refractivity contribution in [2.45, 2.75) is 56.5 Å². The quantitative estimate of drug-likeness (QED) is 0.554. The van der Waals surface area contributed by atoms with Crippen LogP contribution in [0, 0.1) is 17.8 Å². The number of nitrogens with one attached hydrogen (secondary N) is 1. The van der Waals surface area contributed by atoms with Gasteiger partial charge in [-0.3, -0.25) is 10.1 Å². The summed E-state index contributed by atoms with van der Waals surface area (Å²) in [5, 5.41) is 22.2. The van der Waals surface area contributed by atoms with Gasteiger partial charge >= 0.3 is 0 Å². The lowest BCUT2D eigenvalue weighted by Gasteiger charge is -2.52. The summed E-state index contributed by atoms with van der Waals surface area (Å²) in [6, 6.07) is 16.7. The van der Waals surface area contributed by atoms with Crippen molar-refractivity contribution in [2.24, 2.45) is 5.92 Å². The van der Waals surface area contributed by atoms with E-state index in [1.165, 1.54) is 28.0 Å². The van der Waals surface area contributed by atoms with E-state index >= 15 is 0 Å². The van der Waals surface area contributed by atoms with Gasteiger partial charge in [0.25, 0.3) is 5.91 Å². The third-order valence-corrected chi connectivity index (χ3v) is 7.92. The first-order valence-corrected chi connectivity index (χ1v) is 12.3. The van der Waals surface area contributed by atoms with Crippen LogP contribution < -0.4 is 5.32 Å². The Balaban J connectivity index is 1.51. The number of anilines is 1. The number of benzene rings is 2. The highest BCUT2D eigenvalue weighted by atomic mass is 32.1. The number of carbonyl (C=O) groups is 1. The van der Waals surface area contributed by atoms with Gasteiger partial charge in [0.05, 0.1) is 0 Å². The van der Waals surface area contributed by atoms with E-state index in [4.69, 9.17) is 0 Å². The van der Waals surface area contributed by atoms with Gasteiger partial charge in [0.15, 0.2) is 0 Å². The van der Waals surface area contributed by atoms with Gasteiger partial charge in [-0.05, 0) is 80.2 Å². The lowest BCUT2D eigenvalue weighted by Crippen LogP contribution is -2.50. The van der Waals surface area contributed by atoms with Gasteiger partial charge in [0, 0.05) is 11.0 Å². The summed E-state index contributed by atoms with van der Waals surface area (Å²) in [4.78, 5) is 12.8. The minimum Gasteiger partial charge on any atom is -0.378 e. The second kappa shape index (κ2) is 8.74. The van der Waals surface area contributed by atoms with Crippen LogP contribution >= 0.6 is 11.3 Å². The molecule has 0 saturated heterocycles. The first-order valence-electron chi connectivity index (χ1n) is 11.4. The second-order valence-electron chi connectivity index (χ2n) is 9.23. The number of amides is 1. The topological polar surface area (TPSA) is 75.1 Å². The molecule has 3 atom stereocenters. The molecule has 1 aromatic heterocycles. The summed E-state index contributed by atoms with van der Waals surface area (Å²) in [7, 11) is 0. The highest BCUT2D eigenvalue weighted by molar-refractivity contribution is 7.13. The number of hydrogen-bond acceptors (Lipinski definition) is 5. The Morgan fingerprint density at radius 3 is 2.85 bits per heavy atom. The van der Waals surface area contributed by atoms with Crippen molar-refractivity contribution < 1.29 is 9.90 Å². The Morgan fingerprint density at radius 2 is 2.09 bits per heavy atom. The van der Waals surface area contributed by atoms with Crippen LogP contribution in [0.1, 0.15) is 59.7 Å². The van der Waals surface area contributed by atoms with Crippen LogP contribution in [0.3, 0.4) is 0 Å². The van der Waals surface area contributed by atoms with E-state index in [1.807, 2.05) is 18.2 Å². The van der Waals surface area contributed by atoms with Crippen molar-refractivity contribution in [3.63, 3.8) is 0 Å². The Hall–Kier alpha value is -3.01. The molecule has 0 unspecified atom stereocenters. The molecule has 0 spiro atoms. The predicted octanol–water partition coefficient (Wildman–Crippen LogP) is 4.77. The summed E-state index contributed by atoms with van der Waals surface area (Å²) < 4.78 is 0. The average Bonchev–Trinajstić information content (AvgIpc) is 3.33. The maximum atomic E-state index is 12.8. The van der Waals surface area contributed by atoms with Crippen LogP contribution in [0.4, 0.5) is 5.13 Å². The van der Waals surface area contributed by atoms with Crippen molar-refractivity contribution in [1.82, 2.24) is 10.2 Å². The van der Waals surface area contributed by atoms with Crippen molar-refractivity contribution >= 4 is 22.4 Å². The van der Waals surface area contributed by atoms with E-state index in [9.17, 15) is 9.90 Å². The van der Waals surface area contributed by atoms with E-state index in [0.29, 0.717) is 29.5 Å². The molecular weight excluding hydrogens is 430 g/mol. The minimum absolute atomic E-state index is 0.0647. The molecule has 1 amide bonds. The second-order valence-corrected chi connectivity index (χ2v) is 10.1. The molecule has 0 bridgehead atoms. The number of aryl methyl sites for hydroxylation is 1. The third kappa shape index (κ3) is 4.19. The average molecular weight is 458 g/mol. The van der Waals surface area contributed by atoms with Crippen LogP contribution in [-0.2, 0) is 18.3 Å². The zero-order valence-corrected chi connectivity index (χ0v) is 19.5. The Labute approximate surface area is 198 Å². The van der Waals surface area contributed by atoms with Gasteiger partial charge in [-0.15, -0.1) is 16.1 Å². The summed E-state index contributed by atoms with van der Waals surface area (Å²) in [6.45, 7) is 1.80. The molecule has 2 aliphatic rings. The molecule has 1 fully saturated rings. The van der Waals surface area contributed by atoms with Gasteiger partial charge in [-0.1, -0.05) is 53.7 Å². The maximum absolute atomic E-state index is 12.8. The standard InChI is InChI=1S/C27H27N3O2S/c1-2-12-26(32)13-14-27(16-19-6-4-3-5-7-19)22(17-26)10-8-20-15-21(9-11-23(20)27)24(31)29-25-30-28-18-33-25/h3-7,9,11,15,18,22,32H,8,10,13-14,16-17H2,1H3,(H,29,30,31)/t22-,26-,27+/m1/s1. The molecule has 168 valence electrons. The molecule has 2 aromatic carbocycles. The van der Waals surface area contributed by atoms with E-state index in [1.54, 1.807) is 12.4 Å². The van der Waals surface area contributed by atoms with Crippen LogP contribution in [0.15, 0.2) is 54.0 Å². The fourth-order valence-corrected chi connectivity index (χ4v) is 6.30. The number of aromatic nitrogens is 2. The lowest BCUT2D eigenvalue weighted by molar-refractivity contribution is -0.00801. The molecule has 2 N–H and O–H groups in total. The molecule has 5 nitrogen and oxygen atoms in total. The largest absolute Gasteiger partial charge is 0.378 e. The first-order chi connectivity index (χ1) is 16.0. The van der Waals surface area contributed by atoms with Crippen molar-refractivity contribution in [3.8, 4) is 11.8 Å². The van der Waals surface area contributed by atoms with Gasteiger partial charge < -0.3 is 5.11 Å². The maximum Gasteiger partial charge on any atom is 0.257 e. The molecular formula is C27H27N3O2S. The van der Waals surface area contributed by atoms with Crippen molar-refractivity contribution in [1.29, 1.82) is 0 Å². The Bertz CT molecular complexity index is 1220. The zero-order valence-electron chi connectivity index (χ0n) is 18.7. The SMILES string of the molecule is CC#C[C@@]1(O)CC[C@@]2(Cc3ccccc3)c3ccc(C(=O)Nc4nncs4)cc3CC[C@@H]2C1. The summed E-state index contributed by atoms with van der Waals surface area (Å²) in [6.07, 6.45) is 5.04. The molecule has 6 heteroatoms. The molecule has 1 saturated carbocycles. The smallest absolute Gasteiger partial charge is 0.257 e. The van der Waals surface area contributed by atoms with Gasteiger partial charge in [-0.25, -0.2) is 0 Å². The number of carbonyl (C=O) groups excluding carboxylic acids is 1. The Kier molecular flexibility index (Phi) is 5.77. The lowest BCUT2D eigenvalue weighted by atomic mass is 9.52. The number of fused-ring (bicyclic) bond motifs is 3. The van der Waals surface area contributed by atoms with E-state index in [-0.39, 0.29) is 11.3 Å². The Morgan fingerprint density at radius 1 is 1.24 bits per heavy atom. The molecule has 3 aromatic rings. The molecule has 0 radical (unpaired) electrons. The molecule has 2 aliphatic carbocycles. The molecule has 0 aliphatic heterocycles. The molecule has 1 heterocycles. The number of hydrogen-bond donors (Lipinski definition) is 2. The minimum atomic E-state index is -0.904. The zero-order chi connectivity index (χ0) is 22.9. The van der Waals surface area contributed by atoms with E-state index < -0.39 is 5.60 Å². The summed E-state index contributed by atoms with van der Waals surface area (Å²) >= 11 is 1.31. The van der Waals surface area contributed by atoms with Crippen molar-refractivity contribution in [2.75, 3.05) is 5.32 Å². The highest BCUT2D eigenvalue weighted by Crippen LogP contribution is 2.54. The summed E-state index contributed by atoms with van der Waals surface area (Å²) in [5.41, 5.74) is 5.13. The van der Waals surface area contributed by atoms with Crippen LogP contribution in [0.25, 0.3) is 0 Å². The number of aliphatic hydroxyl groups is 1. The van der Waals surface area contributed by atoms with Crippen LogP contribution in [0.2, 0.25) is 0 Å². The summed E-state index contributed by atoms with van der Waals surface area (Å²) in [5.74, 6) is 6.20. The van der Waals surface area contributed by atoms with E-state index in [2.05, 4.69) is 57.7 Å². The molecule has 5 rings (SSSR count). The molecule has 33 heavy (non-hydrogen) atoms. The van der Waals surface area contributed by atoms with Crippen molar-refractivity contribution in [3.05, 3.63) is 76.3 Å². The van der Waals surface area contributed by atoms with Crippen LogP contribution in [0.5, 0.6) is 0 Å². The normalized spacial score (nSPS) is 25.8. The fourth-order valence-electron chi connectivity index (χ4n) is 5.86. The third-order valence-electron chi connectivity index (χ3n) is 7.32. The monoisotopic (exact) mass is 457 g/mol. The number of rotatable bonds is 4. The van der Waals surface area contributed by atoms with Crippen LogP contribution in [-0.4, -0.2) is 26.8 Å². The van der Waals surface area contributed by atoms with Gasteiger partial charge in [0.1, 0.15) is 11.1 Å². The predicted molar refractivity (Wildman–Crippen MR) is 130 cm³/mol. The van der Waals surface area contributed by atoms with Gasteiger partial charge in [0.2, 0.25) is 5.13 Å². The first kappa shape index (κ1) is 21.8. The highest BCUT2D eigenvalue weighted by Gasteiger charge is 2.51. The number of nitrogens with zero attached hydrogens (tertiary/aromatic N) is 2. The fraction of sp³-hybridized carbons (Fsp3) is 0.370. The van der Waals surface area contributed by atoms with E-state index in [0.717, 1.165) is 25.7 Å².